The van der Waals surface area contributed by atoms with E-state index in [0.717, 1.165) is 51.4 Å². The zero-order valence-corrected chi connectivity index (χ0v) is 11.5. The molecule has 0 N–H and O–H groups in total. The molecule has 106 valence electrons. The summed E-state index contributed by atoms with van der Waals surface area (Å²) in [5.74, 6) is 0. The zero-order valence-electron chi connectivity index (χ0n) is 10.7. The van der Waals surface area contributed by atoms with Gasteiger partial charge < -0.3 is 0 Å². The summed E-state index contributed by atoms with van der Waals surface area (Å²) in [5, 5.41) is 0. The molecule has 0 unspecified atom stereocenters. The van der Waals surface area contributed by atoms with E-state index in [2.05, 4.69) is 0 Å². The summed E-state index contributed by atoms with van der Waals surface area (Å²) in [6, 6.07) is 0.293. The summed E-state index contributed by atoms with van der Waals surface area (Å²) >= 11 is 0.148. The highest BCUT2D eigenvalue weighted by Gasteiger charge is 2.39. The molecule has 2 rings (SSSR count). The lowest BCUT2D eigenvalue weighted by Gasteiger charge is -2.40. The van der Waals surface area contributed by atoms with Crippen LogP contribution in [-0.4, -0.2) is 21.9 Å². The van der Waals surface area contributed by atoms with Crippen LogP contribution in [0.5, 0.6) is 0 Å². The van der Waals surface area contributed by atoms with E-state index in [0.29, 0.717) is 0 Å². The molecule has 2 fully saturated rings. The van der Waals surface area contributed by atoms with Crippen LogP contribution in [-0.2, 0) is 0 Å². The number of hydrogen-bond donors (Lipinski definition) is 0. The first-order valence-electron chi connectivity index (χ1n) is 7.10. The molecule has 0 amide bonds. The molecule has 2 aliphatic carbocycles. The van der Waals surface area contributed by atoms with Gasteiger partial charge in [-0.05, 0) is 25.7 Å². The first kappa shape index (κ1) is 14.5. The lowest BCUT2D eigenvalue weighted by atomic mass is 9.91. The summed E-state index contributed by atoms with van der Waals surface area (Å²) in [6.07, 6.45) is 10.5. The molecule has 0 aromatic carbocycles. The zero-order chi connectivity index (χ0) is 13.0. The SMILES string of the molecule is FC(F)(F)SN(C1CCCCC1)C1CCCCC1. The Morgan fingerprint density at radius 1 is 0.722 bits per heavy atom. The number of rotatable bonds is 3. The maximum absolute atomic E-state index is 12.7. The van der Waals surface area contributed by atoms with Gasteiger partial charge >= 0.3 is 5.51 Å². The number of alkyl halides is 3. The third-order valence-electron chi connectivity index (χ3n) is 4.08. The number of hydrogen-bond acceptors (Lipinski definition) is 2. The second kappa shape index (κ2) is 6.51. The highest BCUT2D eigenvalue weighted by molar-refractivity contribution is 7.97. The van der Waals surface area contributed by atoms with E-state index >= 15 is 0 Å². The number of nitrogens with zero attached hydrogens (tertiary/aromatic N) is 1. The van der Waals surface area contributed by atoms with E-state index in [9.17, 15) is 13.2 Å². The molecule has 0 heterocycles. The van der Waals surface area contributed by atoms with E-state index in [1.165, 1.54) is 12.8 Å². The van der Waals surface area contributed by atoms with Crippen LogP contribution >= 0.6 is 11.9 Å². The second-order valence-corrected chi connectivity index (χ2v) is 6.55. The van der Waals surface area contributed by atoms with Crippen LogP contribution < -0.4 is 0 Å². The van der Waals surface area contributed by atoms with Gasteiger partial charge in [0, 0.05) is 24.0 Å². The van der Waals surface area contributed by atoms with Crippen LogP contribution in [0.4, 0.5) is 13.2 Å². The van der Waals surface area contributed by atoms with Crippen LogP contribution in [0, 0.1) is 0 Å². The molecule has 0 aromatic heterocycles. The van der Waals surface area contributed by atoms with E-state index in [1.807, 2.05) is 0 Å². The van der Waals surface area contributed by atoms with Crippen LogP contribution in [0.25, 0.3) is 0 Å². The highest BCUT2D eigenvalue weighted by Crippen LogP contribution is 2.42. The first-order valence-corrected chi connectivity index (χ1v) is 7.88. The van der Waals surface area contributed by atoms with Gasteiger partial charge in [-0.3, -0.25) is 0 Å². The van der Waals surface area contributed by atoms with Crippen molar-refractivity contribution in [3.05, 3.63) is 0 Å². The van der Waals surface area contributed by atoms with E-state index < -0.39 is 5.51 Å². The van der Waals surface area contributed by atoms with Crippen molar-refractivity contribution in [2.75, 3.05) is 0 Å². The van der Waals surface area contributed by atoms with Gasteiger partial charge in [0.25, 0.3) is 0 Å². The average Bonchev–Trinajstić information content (AvgIpc) is 2.37. The Morgan fingerprint density at radius 3 is 1.44 bits per heavy atom. The van der Waals surface area contributed by atoms with E-state index in [-0.39, 0.29) is 24.0 Å². The molecule has 0 aliphatic heterocycles. The predicted octanol–water partition coefficient (Wildman–Crippen LogP) is 5.12. The smallest absolute Gasteiger partial charge is 0.237 e. The Bertz CT molecular complexity index is 227. The molecule has 2 saturated carbocycles. The minimum Gasteiger partial charge on any atom is -0.237 e. The van der Waals surface area contributed by atoms with Crippen LogP contribution in [0.15, 0.2) is 0 Å². The third-order valence-corrected chi connectivity index (χ3v) is 5.09. The molecular formula is C13H22F3NS. The molecule has 18 heavy (non-hydrogen) atoms. The van der Waals surface area contributed by atoms with Gasteiger partial charge in [-0.2, -0.15) is 13.2 Å². The van der Waals surface area contributed by atoms with Gasteiger partial charge in [0.15, 0.2) is 0 Å². The van der Waals surface area contributed by atoms with Crippen molar-refractivity contribution in [2.45, 2.75) is 81.8 Å². The Labute approximate surface area is 112 Å². The van der Waals surface area contributed by atoms with Crippen molar-refractivity contribution in [1.29, 1.82) is 0 Å². The largest absolute Gasteiger partial charge is 0.456 e. The minimum absolute atomic E-state index is 0.147. The molecular weight excluding hydrogens is 259 g/mol. The molecule has 0 atom stereocenters. The van der Waals surface area contributed by atoms with Crippen molar-refractivity contribution in [1.82, 2.24) is 4.31 Å². The lowest BCUT2D eigenvalue weighted by molar-refractivity contribution is -0.0389. The minimum atomic E-state index is -4.13. The fourth-order valence-corrected chi connectivity index (χ4v) is 4.20. The maximum atomic E-state index is 12.7. The van der Waals surface area contributed by atoms with Crippen LogP contribution in [0.1, 0.15) is 64.2 Å². The molecule has 0 bridgehead atoms. The summed E-state index contributed by atoms with van der Waals surface area (Å²) in [4.78, 5) is 0. The molecule has 0 aromatic rings. The molecule has 0 saturated heterocycles. The molecule has 0 radical (unpaired) electrons. The van der Waals surface area contributed by atoms with Gasteiger partial charge in [-0.15, -0.1) is 0 Å². The fraction of sp³-hybridized carbons (Fsp3) is 1.00. The quantitative estimate of drug-likeness (QED) is 0.660. The van der Waals surface area contributed by atoms with Crippen molar-refractivity contribution in [3.63, 3.8) is 0 Å². The standard InChI is InChI=1S/C13H22F3NS/c14-13(15,16)18-17(11-7-3-1-4-8-11)12-9-5-2-6-10-12/h11-12H,1-10H2. The van der Waals surface area contributed by atoms with Gasteiger partial charge in [-0.25, -0.2) is 4.31 Å². The first-order chi connectivity index (χ1) is 8.56. The second-order valence-electron chi connectivity index (χ2n) is 5.48. The van der Waals surface area contributed by atoms with Crippen molar-refractivity contribution < 1.29 is 13.2 Å². The van der Waals surface area contributed by atoms with Gasteiger partial charge in [0.05, 0.1) is 0 Å². The highest BCUT2D eigenvalue weighted by atomic mass is 32.2. The van der Waals surface area contributed by atoms with Crippen molar-refractivity contribution in [3.8, 4) is 0 Å². The molecule has 5 heteroatoms. The molecule has 1 nitrogen and oxygen atoms in total. The van der Waals surface area contributed by atoms with E-state index in [1.54, 1.807) is 4.31 Å². The molecule has 0 spiro atoms. The monoisotopic (exact) mass is 281 g/mol. The van der Waals surface area contributed by atoms with Crippen molar-refractivity contribution >= 4 is 11.9 Å². The summed E-state index contributed by atoms with van der Waals surface area (Å²) in [7, 11) is 0. The third kappa shape index (κ3) is 4.34. The summed E-state index contributed by atoms with van der Waals surface area (Å²) in [6.45, 7) is 0. The Hall–Kier alpha value is 0.1000. The van der Waals surface area contributed by atoms with Crippen LogP contribution in [0.2, 0.25) is 0 Å². The van der Waals surface area contributed by atoms with E-state index in [4.69, 9.17) is 0 Å². The summed E-state index contributed by atoms with van der Waals surface area (Å²) < 4.78 is 39.9. The van der Waals surface area contributed by atoms with Crippen molar-refractivity contribution in [2.24, 2.45) is 0 Å². The summed E-state index contributed by atoms with van der Waals surface area (Å²) in [5.41, 5.74) is -4.13. The maximum Gasteiger partial charge on any atom is 0.456 e. The molecule has 2 aliphatic rings. The fourth-order valence-electron chi connectivity index (χ4n) is 3.24. The Morgan fingerprint density at radius 2 is 1.11 bits per heavy atom. The predicted molar refractivity (Wildman–Crippen MR) is 69.2 cm³/mol. The van der Waals surface area contributed by atoms with Gasteiger partial charge in [0.2, 0.25) is 0 Å². The topological polar surface area (TPSA) is 3.24 Å². The lowest BCUT2D eigenvalue weighted by Crippen LogP contribution is -2.42. The number of halogens is 3. The van der Waals surface area contributed by atoms with Gasteiger partial charge in [-0.1, -0.05) is 38.5 Å². The Balaban J connectivity index is 2.00. The Kier molecular flexibility index (Phi) is 5.24. The van der Waals surface area contributed by atoms with Gasteiger partial charge in [0.1, 0.15) is 0 Å². The average molecular weight is 281 g/mol. The normalized spacial score (nSPS) is 24.7. The van der Waals surface area contributed by atoms with Crippen LogP contribution in [0.3, 0.4) is 0 Å².